The monoisotopic (exact) mass is 451 g/mol. The maximum atomic E-state index is 5.42. The first kappa shape index (κ1) is 22.9. The van der Waals surface area contributed by atoms with Crippen molar-refractivity contribution in [3.8, 4) is 0 Å². The quantitative estimate of drug-likeness (QED) is 0.243. The third-order valence-corrected chi connectivity index (χ3v) is 3.14. The molecule has 0 saturated heterocycles. The van der Waals surface area contributed by atoms with Crippen molar-refractivity contribution in [2.45, 2.75) is 13.0 Å². The summed E-state index contributed by atoms with van der Waals surface area (Å²) in [6.45, 7) is 3.50. The number of halogens is 1. The fraction of sp³-hybridized carbons (Fsp3) is 0.625. The molecular formula is C16H30IN5O2. The highest BCUT2D eigenvalue weighted by Gasteiger charge is 2.01. The molecule has 1 aromatic heterocycles. The molecule has 0 bridgehead atoms. The van der Waals surface area contributed by atoms with Gasteiger partial charge in [-0.25, -0.2) is 4.98 Å². The molecule has 1 heterocycles. The second-order valence-electron chi connectivity index (χ2n) is 5.23. The summed E-state index contributed by atoms with van der Waals surface area (Å²) in [5.74, 6) is 1.73. The van der Waals surface area contributed by atoms with Crippen LogP contribution in [0.4, 0.5) is 5.82 Å². The first-order valence-electron chi connectivity index (χ1n) is 7.80. The Labute approximate surface area is 162 Å². The van der Waals surface area contributed by atoms with Gasteiger partial charge in [-0.3, -0.25) is 4.99 Å². The van der Waals surface area contributed by atoms with Gasteiger partial charge in [0.05, 0.1) is 13.2 Å². The molecule has 0 aliphatic carbocycles. The van der Waals surface area contributed by atoms with E-state index in [4.69, 9.17) is 9.47 Å². The lowest BCUT2D eigenvalue weighted by Gasteiger charge is -2.14. The van der Waals surface area contributed by atoms with Gasteiger partial charge in [0.25, 0.3) is 0 Å². The number of hydrogen-bond acceptors (Lipinski definition) is 5. The van der Waals surface area contributed by atoms with Crippen LogP contribution >= 0.6 is 24.0 Å². The number of aromatic nitrogens is 1. The molecule has 0 aliphatic heterocycles. The van der Waals surface area contributed by atoms with Crippen LogP contribution in [0.3, 0.4) is 0 Å². The summed E-state index contributed by atoms with van der Waals surface area (Å²) in [6.07, 6.45) is 2.74. The Kier molecular flexibility index (Phi) is 13.6. The van der Waals surface area contributed by atoms with Crippen LogP contribution in [-0.2, 0) is 16.0 Å². The zero-order chi connectivity index (χ0) is 16.9. The smallest absolute Gasteiger partial charge is 0.191 e. The molecule has 1 aromatic rings. The molecule has 0 unspecified atom stereocenters. The fourth-order valence-corrected chi connectivity index (χ4v) is 1.85. The van der Waals surface area contributed by atoms with E-state index >= 15 is 0 Å². The van der Waals surface area contributed by atoms with E-state index in [-0.39, 0.29) is 24.0 Å². The van der Waals surface area contributed by atoms with Crippen molar-refractivity contribution in [2.75, 3.05) is 59.5 Å². The Morgan fingerprint density at radius 2 is 2.04 bits per heavy atom. The third-order valence-electron chi connectivity index (χ3n) is 3.14. The molecule has 0 spiro atoms. The van der Waals surface area contributed by atoms with Gasteiger partial charge in [-0.15, -0.1) is 24.0 Å². The molecule has 1 rings (SSSR count). The summed E-state index contributed by atoms with van der Waals surface area (Å²) in [7, 11) is 7.40. The van der Waals surface area contributed by atoms with Gasteiger partial charge in [0, 0.05) is 54.1 Å². The Hall–Kier alpha value is -1.13. The molecule has 0 fully saturated rings. The van der Waals surface area contributed by atoms with Crippen LogP contribution in [0.2, 0.25) is 0 Å². The number of pyridine rings is 1. The van der Waals surface area contributed by atoms with E-state index < -0.39 is 0 Å². The molecule has 7 nitrogen and oxygen atoms in total. The van der Waals surface area contributed by atoms with Gasteiger partial charge < -0.3 is 25.0 Å². The molecule has 2 N–H and O–H groups in total. The number of anilines is 1. The number of guanidine groups is 1. The van der Waals surface area contributed by atoms with E-state index in [1.54, 1.807) is 14.2 Å². The van der Waals surface area contributed by atoms with E-state index in [0.717, 1.165) is 30.3 Å². The predicted molar refractivity (Wildman–Crippen MR) is 109 cm³/mol. The third kappa shape index (κ3) is 9.89. The maximum Gasteiger partial charge on any atom is 0.191 e. The van der Waals surface area contributed by atoms with Crippen molar-refractivity contribution < 1.29 is 9.47 Å². The van der Waals surface area contributed by atoms with Gasteiger partial charge in [-0.2, -0.15) is 0 Å². The van der Waals surface area contributed by atoms with Gasteiger partial charge in [0.1, 0.15) is 5.82 Å². The summed E-state index contributed by atoms with van der Waals surface area (Å²) in [6, 6.07) is 4.06. The van der Waals surface area contributed by atoms with Crippen molar-refractivity contribution >= 4 is 35.8 Å². The summed E-state index contributed by atoms with van der Waals surface area (Å²) < 4.78 is 10.3. The molecule has 0 amide bonds. The first-order chi connectivity index (χ1) is 11.2. The van der Waals surface area contributed by atoms with Crippen LogP contribution in [0.25, 0.3) is 0 Å². The minimum absolute atomic E-state index is 0. The van der Waals surface area contributed by atoms with Gasteiger partial charge in [0.15, 0.2) is 5.96 Å². The van der Waals surface area contributed by atoms with Gasteiger partial charge in [-0.1, -0.05) is 0 Å². The molecule has 0 radical (unpaired) electrons. The Morgan fingerprint density at radius 1 is 1.25 bits per heavy atom. The van der Waals surface area contributed by atoms with Crippen LogP contribution in [0, 0.1) is 0 Å². The SMILES string of the molecule is CN=C(NCCCOCCOC)NCc1ccnc(N(C)C)c1.I. The van der Waals surface area contributed by atoms with E-state index in [9.17, 15) is 0 Å². The molecule has 138 valence electrons. The molecule has 0 aromatic carbocycles. The largest absolute Gasteiger partial charge is 0.382 e. The Balaban J connectivity index is 0.00000529. The zero-order valence-electron chi connectivity index (χ0n) is 15.0. The van der Waals surface area contributed by atoms with E-state index in [1.165, 1.54) is 0 Å². The van der Waals surface area contributed by atoms with Crippen LogP contribution < -0.4 is 15.5 Å². The lowest BCUT2D eigenvalue weighted by molar-refractivity contribution is 0.0698. The number of hydrogen-bond donors (Lipinski definition) is 2. The number of ether oxygens (including phenoxy) is 2. The summed E-state index contributed by atoms with van der Waals surface area (Å²) in [4.78, 5) is 10.5. The number of rotatable bonds is 10. The zero-order valence-corrected chi connectivity index (χ0v) is 17.4. The minimum atomic E-state index is 0. The van der Waals surface area contributed by atoms with E-state index in [0.29, 0.717) is 26.4 Å². The topological polar surface area (TPSA) is 71.0 Å². The second kappa shape index (κ2) is 14.2. The number of nitrogens with zero attached hydrogens (tertiary/aromatic N) is 3. The molecule has 0 atom stereocenters. The molecule has 24 heavy (non-hydrogen) atoms. The minimum Gasteiger partial charge on any atom is -0.382 e. The predicted octanol–water partition coefficient (Wildman–Crippen LogP) is 1.48. The highest BCUT2D eigenvalue weighted by Crippen LogP contribution is 2.08. The Bertz CT molecular complexity index is 472. The normalized spacial score (nSPS) is 10.9. The van der Waals surface area contributed by atoms with Crippen molar-refractivity contribution in [1.29, 1.82) is 0 Å². The molecule has 8 heteroatoms. The van der Waals surface area contributed by atoms with Crippen LogP contribution in [0.1, 0.15) is 12.0 Å². The maximum absolute atomic E-state index is 5.42. The summed E-state index contributed by atoms with van der Waals surface area (Å²) in [5.41, 5.74) is 1.16. The van der Waals surface area contributed by atoms with E-state index in [2.05, 4.69) is 26.7 Å². The van der Waals surface area contributed by atoms with Gasteiger partial charge in [-0.05, 0) is 24.1 Å². The average Bonchev–Trinajstić information content (AvgIpc) is 2.57. The molecule has 0 saturated carbocycles. The Morgan fingerprint density at radius 3 is 2.71 bits per heavy atom. The highest BCUT2D eigenvalue weighted by molar-refractivity contribution is 14.0. The number of methoxy groups -OCH3 is 1. The lowest BCUT2D eigenvalue weighted by atomic mass is 10.2. The van der Waals surface area contributed by atoms with Crippen LogP contribution in [0.15, 0.2) is 23.3 Å². The van der Waals surface area contributed by atoms with Crippen LogP contribution in [0.5, 0.6) is 0 Å². The van der Waals surface area contributed by atoms with Crippen LogP contribution in [-0.4, -0.2) is 65.6 Å². The lowest BCUT2D eigenvalue weighted by Crippen LogP contribution is -2.37. The standard InChI is InChI=1S/C16H29N5O2.HI/c1-17-16(19-7-5-9-23-11-10-22-4)20-13-14-6-8-18-15(12-14)21(2)3;/h6,8,12H,5,7,9-11,13H2,1-4H3,(H2,17,19,20);1H. The first-order valence-corrected chi connectivity index (χ1v) is 7.80. The molecular weight excluding hydrogens is 421 g/mol. The summed E-state index contributed by atoms with van der Waals surface area (Å²) >= 11 is 0. The van der Waals surface area contributed by atoms with E-state index in [1.807, 2.05) is 31.3 Å². The summed E-state index contributed by atoms with van der Waals surface area (Å²) in [5, 5.41) is 6.56. The second-order valence-corrected chi connectivity index (χ2v) is 5.23. The number of nitrogens with one attached hydrogen (secondary N) is 2. The van der Waals surface area contributed by atoms with Crippen molar-refractivity contribution in [3.05, 3.63) is 23.9 Å². The fourth-order valence-electron chi connectivity index (χ4n) is 1.85. The van der Waals surface area contributed by atoms with Crippen molar-refractivity contribution in [2.24, 2.45) is 4.99 Å². The highest BCUT2D eigenvalue weighted by atomic mass is 127. The number of aliphatic imine (C=N–C) groups is 1. The van der Waals surface area contributed by atoms with Crippen molar-refractivity contribution in [1.82, 2.24) is 15.6 Å². The van der Waals surface area contributed by atoms with Gasteiger partial charge >= 0.3 is 0 Å². The van der Waals surface area contributed by atoms with Crippen molar-refractivity contribution in [3.63, 3.8) is 0 Å². The molecule has 0 aliphatic rings. The average molecular weight is 451 g/mol. The van der Waals surface area contributed by atoms with Gasteiger partial charge in [0.2, 0.25) is 0 Å².